The second kappa shape index (κ2) is 4.54. The molecule has 0 radical (unpaired) electrons. The predicted molar refractivity (Wildman–Crippen MR) is 59.4 cm³/mol. The van der Waals surface area contributed by atoms with Crippen LogP contribution in [0.3, 0.4) is 0 Å². The van der Waals surface area contributed by atoms with E-state index in [2.05, 4.69) is 15.9 Å². The first-order valence-electron chi connectivity index (χ1n) is 3.49. The van der Waals surface area contributed by atoms with Crippen LogP contribution in [0.15, 0.2) is 16.6 Å². The Balaban J connectivity index is 3.32. The molecule has 14 heavy (non-hydrogen) atoms. The Labute approximate surface area is 101 Å². The van der Waals surface area contributed by atoms with Crippen molar-refractivity contribution in [2.75, 3.05) is 0 Å². The number of carboxylic acid groups (broad SMARTS) is 1. The van der Waals surface area contributed by atoms with Crippen LogP contribution < -0.4 is 0 Å². The predicted octanol–water partition coefficient (Wildman–Crippen LogP) is 2.31. The van der Waals surface area contributed by atoms with Crippen molar-refractivity contribution in [1.29, 1.82) is 0 Å². The molecule has 76 valence electrons. The van der Waals surface area contributed by atoms with E-state index in [1.807, 2.05) is 22.6 Å². The van der Waals surface area contributed by atoms with Crippen molar-refractivity contribution in [3.05, 3.63) is 31.6 Å². The van der Waals surface area contributed by atoms with Crippen molar-refractivity contribution in [3.63, 3.8) is 0 Å². The molecule has 3 nitrogen and oxygen atoms in total. The third kappa shape index (κ3) is 2.23. The fourth-order valence-corrected chi connectivity index (χ4v) is 1.93. The van der Waals surface area contributed by atoms with Crippen LogP contribution in [0.1, 0.15) is 11.7 Å². The molecule has 0 spiro atoms. The van der Waals surface area contributed by atoms with Crippen molar-refractivity contribution in [1.82, 2.24) is 0 Å². The molecule has 0 saturated carbocycles. The molecule has 1 atom stereocenters. The Kier molecular flexibility index (Phi) is 3.85. The van der Waals surface area contributed by atoms with E-state index in [-0.39, 0.29) is 10.0 Å². The summed E-state index contributed by atoms with van der Waals surface area (Å²) in [6.45, 7) is 0. The lowest BCUT2D eigenvalue weighted by molar-refractivity contribution is -0.147. The highest BCUT2D eigenvalue weighted by molar-refractivity contribution is 14.1. The van der Waals surface area contributed by atoms with Gasteiger partial charge >= 0.3 is 5.97 Å². The zero-order chi connectivity index (χ0) is 10.9. The molecule has 0 saturated heterocycles. The Morgan fingerprint density at radius 2 is 2.14 bits per heavy atom. The lowest BCUT2D eigenvalue weighted by atomic mass is 10.1. The smallest absolute Gasteiger partial charge is 0.337 e. The standard InChI is InChI=1S/C8H5BrFIO3/c9-6-4(11)2-1-3(10)5(6)7(12)8(13)14/h1-2,7,12H,(H,13,14). The molecule has 0 aromatic heterocycles. The van der Waals surface area contributed by atoms with E-state index in [4.69, 9.17) is 5.11 Å². The van der Waals surface area contributed by atoms with Gasteiger partial charge in [-0.2, -0.15) is 0 Å². The van der Waals surface area contributed by atoms with Gasteiger partial charge in [0.05, 0.1) is 0 Å². The maximum atomic E-state index is 13.2. The molecule has 0 aliphatic heterocycles. The topological polar surface area (TPSA) is 57.5 Å². The van der Waals surface area contributed by atoms with Crippen molar-refractivity contribution >= 4 is 44.5 Å². The van der Waals surface area contributed by atoms with E-state index in [1.165, 1.54) is 6.07 Å². The number of rotatable bonds is 2. The van der Waals surface area contributed by atoms with E-state index < -0.39 is 17.9 Å². The molecule has 0 bridgehead atoms. The average molecular weight is 375 g/mol. The third-order valence-electron chi connectivity index (χ3n) is 1.59. The molecular formula is C8H5BrFIO3. The molecule has 0 aliphatic rings. The largest absolute Gasteiger partial charge is 0.479 e. The molecule has 1 rings (SSSR count). The van der Waals surface area contributed by atoms with Crippen LogP contribution in [0.4, 0.5) is 4.39 Å². The van der Waals surface area contributed by atoms with Crippen molar-refractivity contribution in [3.8, 4) is 0 Å². The number of benzene rings is 1. The molecule has 0 fully saturated rings. The van der Waals surface area contributed by atoms with Crippen LogP contribution in [0.5, 0.6) is 0 Å². The number of hydrogen-bond donors (Lipinski definition) is 2. The molecule has 0 amide bonds. The summed E-state index contributed by atoms with van der Waals surface area (Å²) < 4.78 is 14.1. The molecule has 2 N–H and O–H groups in total. The number of carboxylic acids is 1. The Bertz CT molecular complexity index is 383. The summed E-state index contributed by atoms with van der Waals surface area (Å²) in [5.74, 6) is -2.22. The van der Waals surface area contributed by atoms with Gasteiger partial charge in [0.25, 0.3) is 0 Å². The molecule has 1 unspecified atom stereocenters. The fourth-order valence-electron chi connectivity index (χ4n) is 0.917. The number of aliphatic hydroxyl groups is 1. The second-order valence-corrected chi connectivity index (χ2v) is 4.45. The second-order valence-electron chi connectivity index (χ2n) is 2.50. The van der Waals surface area contributed by atoms with Gasteiger partial charge in [-0.1, -0.05) is 0 Å². The number of carbonyl (C=O) groups is 1. The van der Waals surface area contributed by atoms with Crippen molar-refractivity contribution in [2.45, 2.75) is 6.10 Å². The first kappa shape index (κ1) is 11.9. The molecule has 1 aromatic carbocycles. The third-order valence-corrected chi connectivity index (χ3v) is 4.08. The summed E-state index contributed by atoms with van der Waals surface area (Å²) in [6, 6.07) is 2.60. The Morgan fingerprint density at radius 1 is 1.57 bits per heavy atom. The number of aliphatic carboxylic acids is 1. The minimum absolute atomic E-state index is 0.246. The van der Waals surface area contributed by atoms with Crippen LogP contribution in [0.2, 0.25) is 0 Å². The van der Waals surface area contributed by atoms with Gasteiger partial charge in [-0.15, -0.1) is 0 Å². The van der Waals surface area contributed by atoms with Gasteiger partial charge in [0, 0.05) is 13.6 Å². The summed E-state index contributed by atoms with van der Waals surface area (Å²) >= 11 is 4.93. The first-order chi connectivity index (χ1) is 6.45. The van der Waals surface area contributed by atoms with Gasteiger partial charge in [-0.05, 0) is 50.7 Å². The van der Waals surface area contributed by atoms with Crippen LogP contribution in [0, 0.1) is 9.39 Å². The minimum Gasteiger partial charge on any atom is -0.479 e. The van der Waals surface area contributed by atoms with Crippen LogP contribution in [0.25, 0.3) is 0 Å². The molecule has 0 aliphatic carbocycles. The monoisotopic (exact) mass is 374 g/mol. The summed E-state index contributed by atoms with van der Waals surface area (Å²) in [5.41, 5.74) is -0.246. The van der Waals surface area contributed by atoms with E-state index >= 15 is 0 Å². The lowest BCUT2D eigenvalue weighted by Gasteiger charge is -2.10. The van der Waals surface area contributed by atoms with E-state index in [1.54, 1.807) is 0 Å². The van der Waals surface area contributed by atoms with Crippen LogP contribution in [-0.4, -0.2) is 16.2 Å². The highest BCUT2D eigenvalue weighted by atomic mass is 127. The first-order valence-corrected chi connectivity index (χ1v) is 5.36. The highest BCUT2D eigenvalue weighted by Crippen LogP contribution is 2.30. The normalized spacial score (nSPS) is 12.6. The van der Waals surface area contributed by atoms with Gasteiger partial charge in [-0.25, -0.2) is 9.18 Å². The maximum Gasteiger partial charge on any atom is 0.337 e. The van der Waals surface area contributed by atoms with E-state index in [0.717, 1.165) is 6.07 Å². The van der Waals surface area contributed by atoms with Crippen molar-refractivity contribution in [2.24, 2.45) is 0 Å². The molecule has 0 heterocycles. The summed E-state index contributed by atoms with van der Waals surface area (Å²) in [5, 5.41) is 17.7. The van der Waals surface area contributed by atoms with Gasteiger partial charge in [0.15, 0.2) is 6.10 Å². The lowest BCUT2D eigenvalue weighted by Crippen LogP contribution is -2.13. The Morgan fingerprint density at radius 3 is 2.64 bits per heavy atom. The van der Waals surface area contributed by atoms with Crippen molar-refractivity contribution < 1.29 is 19.4 Å². The fraction of sp³-hybridized carbons (Fsp3) is 0.125. The van der Waals surface area contributed by atoms with E-state index in [9.17, 15) is 14.3 Å². The number of halogens is 3. The highest BCUT2D eigenvalue weighted by Gasteiger charge is 2.23. The van der Waals surface area contributed by atoms with Gasteiger partial charge in [-0.3, -0.25) is 0 Å². The zero-order valence-electron chi connectivity index (χ0n) is 6.67. The van der Waals surface area contributed by atoms with Gasteiger partial charge in [0.2, 0.25) is 0 Å². The molecule has 6 heteroatoms. The van der Waals surface area contributed by atoms with Gasteiger partial charge < -0.3 is 10.2 Å². The maximum absolute atomic E-state index is 13.2. The summed E-state index contributed by atoms with van der Waals surface area (Å²) in [6.07, 6.45) is -1.85. The number of hydrogen-bond acceptors (Lipinski definition) is 2. The Hall–Kier alpha value is -0.210. The zero-order valence-corrected chi connectivity index (χ0v) is 10.4. The SMILES string of the molecule is O=C(O)C(O)c1c(F)ccc(I)c1Br. The number of aliphatic hydroxyl groups excluding tert-OH is 1. The average Bonchev–Trinajstić information content (AvgIpc) is 2.12. The molecule has 1 aromatic rings. The minimum atomic E-state index is -1.85. The van der Waals surface area contributed by atoms with E-state index in [0.29, 0.717) is 3.57 Å². The van der Waals surface area contributed by atoms with Gasteiger partial charge in [0.1, 0.15) is 5.82 Å². The summed E-state index contributed by atoms with van der Waals surface area (Å²) in [4.78, 5) is 10.5. The summed E-state index contributed by atoms with van der Waals surface area (Å²) in [7, 11) is 0. The van der Waals surface area contributed by atoms with Crippen LogP contribution >= 0.6 is 38.5 Å². The molecular weight excluding hydrogens is 370 g/mol. The quantitative estimate of drug-likeness (QED) is 0.617. The van der Waals surface area contributed by atoms with Crippen LogP contribution in [-0.2, 0) is 4.79 Å².